The van der Waals surface area contributed by atoms with Crippen LogP contribution in [0.1, 0.15) is 5.56 Å². The lowest BCUT2D eigenvalue weighted by molar-refractivity contribution is -0.112. The van der Waals surface area contributed by atoms with Crippen molar-refractivity contribution in [2.75, 3.05) is 18.3 Å². The first kappa shape index (κ1) is 16.6. The van der Waals surface area contributed by atoms with Gasteiger partial charge in [-0.1, -0.05) is 12.1 Å². The van der Waals surface area contributed by atoms with Crippen LogP contribution in [0.5, 0.6) is 5.75 Å². The predicted molar refractivity (Wildman–Crippen MR) is 88.2 cm³/mol. The molecule has 0 fully saturated rings. The molecule has 23 heavy (non-hydrogen) atoms. The maximum Gasteiger partial charge on any atom is 0.266 e. The van der Waals surface area contributed by atoms with Crippen molar-refractivity contribution in [1.29, 1.82) is 5.26 Å². The molecule has 1 amide bonds. The lowest BCUT2D eigenvalue weighted by Crippen LogP contribution is -2.14. The number of nitriles is 1. The number of aryl methyl sites for hydroxylation is 1. The summed E-state index contributed by atoms with van der Waals surface area (Å²) in [5, 5.41) is 16.0. The van der Waals surface area contributed by atoms with Crippen LogP contribution in [0.15, 0.2) is 42.2 Å². The third-order valence-electron chi connectivity index (χ3n) is 3.00. The zero-order valence-corrected chi connectivity index (χ0v) is 13.2. The first-order chi connectivity index (χ1) is 11.2. The Kier molecular flexibility index (Phi) is 5.78. The van der Waals surface area contributed by atoms with Gasteiger partial charge in [-0.25, -0.2) is 0 Å². The van der Waals surface area contributed by atoms with E-state index in [9.17, 15) is 10.1 Å². The van der Waals surface area contributed by atoms with Crippen molar-refractivity contribution in [3.63, 3.8) is 0 Å². The van der Waals surface area contributed by atoms with Gasteiger partial charge in [0.25, 0.3) is 5.91 Å². The number of hydrogen-bond acceptors (Lipinski definition) is 4. The number of hydrogen-bond donors (Lipinski definition) is 1. The predicted octanol–water partition coefficient (Wildman–Crippen LogP) is 2.68. The Balaban J connectivity index is 2.17. The van der Waals surface area contributed by atoms with E-state index >= 15 is 0 Å². The van der Waals surface area contributed by atoms with Crippen molar-refractivity contribution in [1.82, 2.24) is 9.78 Å². The third-order valence-corrected chi connectivity index (χ3v) is 3.17. The normalized spacial score (nSPS) is 10.9. The van der Waals surface area contributed by atoms with Gasteiger partial charge in [-0.15, -0.1) is 11.6 Å². The number of ether oxygens (including phenoxy) is 1. The van der Waals surface area contributed by atoms with Crippen LogP contribution in [-0.4, -0.2) is 28.7 Å². The molecule has 0 aliphatic rings. The quantitative estimate of drug-likeness (QED) is 0.501. The molecule has 2 rings (SSSR count). The molecule has 0 saturated heterocycles. The second kappa shape index (κ2) is 8.01. The van der Waals surface area contributed by atoms with E-state index in [0.717, 1.165) is 0 Å². The fourth-order valence-electron chi connectivity index (χ4n) is 1.92. The van der Waals surface area contributed by atoms with Crippen LogP contribution in [0.3, 0.4) is 0 Å². The number of anilines is 1. The molecule has 0 unspecified atom stereocenters. The van der Waals surface area contributed by atoms with Crippen molar-refractivity contribution in [2.45, 2.75) is 6.54 Å². The Labute approximate surface area is 138 Å². The lowest BCUT2D eigenvalue weighted by atomic mass is 10.2. The maximum absolute atomic E-state index is 12.2. The first-order valence-corrected chi connectivity index (χ1v) is 7.36. The molecule has 1 heterocycles. The molecule has 1 aromatic carbocycles. The van der Waals surface area contributed by atoms with Gasteiger partial charge in [-0.3, -0.25) is 9.48 Å². The van der Waals surface area contributed by atoms with Gasteiger partial charge < -0.3 is 10.1 Å². The van der Waals surface area contributed by atoms with Crippen molar-refractivity contribution >= 4 is 29.3 Å². The average Bonchev–Trinajstić information content (AvgIpc) is 3.00. The van der Waals surface area contributed by atoms with Crippen LogP contribution in [0, 0.1) is 11.3 Å². The van der Waals surface area contributed by atoms with Gasteiger partial charge in [0.15, 0.2) is 0 Å². The molecule has 0 saturated carbocycles. The topological polar surface area (TPSA) is 79.9 Å². The smallest absolute Gasteiger partial charge is 0.266 e. The molecule has 0 aliphatic heterocycles. The SMILES string of the molecule is COc1ccccc1NC(=O)C(C#N)=Cc1cnn(CCCl)c1. The first-order valence-electron chi connectivity index (χ1n) is 6.82. The molecule has 0 atom stereocenters. The minimum absolute atomic E-state index is 0.0265. The molecular formula is C16H15ClN4O2. The summed E-state index contributed by atoms with van der Waals surface area (Å²) in [5.41, 5.74) is 1.13. The van der Waals surface area contributed by atoms with Gasteiger partial charge in [0.05, 0.1) is 25.5 Å². The van der Waals surface area contributed by atoms with Crippen molar-refractivity contribution in [2.24, 2.45) is 0 Å². The Morgan fingerprint density at radius 3 is 3.00 bits per heavy atom. The van der Waals surface area contributed by atoms with E-state index in [4.69, 9.17) is 16.3 Å². The number of alkyl halides is 1. The van der Waals surface area contributed by atoms with E-state index in [1.165, 1.54) is 13.2 Å². The number of para-hydroxylation sites is 2. The molecule has 0 aliphatic carbocycles. The second-order valence-corrected chi connectivity index (χ2v) is 4.93. The molecule has 1 aromatic heterocycles. The van der Waals surface area contributed by atoms with Crippen LogP contribution in [0.4, 0.5) is 5.69 Å². The van der Waals surface area contributed by atoms with E-state index in [1.54, 1.807) is 41.3 Å². The van der Waals surface area contributed by atoms with Crippen LogP contribution in [-0.2, 0) is 11.3 Å². The van der Waals surface area contributed by atoms with Gasteiger partial charge >= 0.3 is 0 Å². The highest BCUT2D eigenvalue weighted by atomic mass is 35.5. The fraction of sp³-hybridized carbons (Fsp3) is 0.188. The standard InChI is InChI=1S/C16H15ClN4O2/c1-23-15-5-3-2-4-14(15)20-16(22)13(9-18)8-12-10-19-21(11-12)7-6-17/h2-5,8,10-11H,6-7H2,1H3,(H,20,22). The Hall–Kier alpha value is -2.78. The summed E-state index contributed by atoms with van der Waals surface area (Å²) >= 11 is 5.64. The summed E-state index contributed by atoms with van der Waals surface area (Å²) in [6.45, 7) is 0.560. The lowest BCUT2D eigenvalue weighted by Gasteiger charge is -2.08. The number of carbonyl (C=O) groups excluding carboxylic acids is 1. The van der Waals surface area contributed by atoms with E-state index in [2.05, 4.69) is 10.4 Å². The second-order valence-electron chi connectivity index (χ2n) is 4.55. The Bertz CT molecular complexity index is 761. The van der Waals surface area contributed by atoms with Crippen LogP contribution in [0.25, 0.3) is 6.08 Å². The monoisotopic (exact) mass is 330 g/mol. The number of carbonyl (C=O) groups is 1. The average molecular weight is 331 g/mol. The number of methoxy groups -OCH3 is 1. The number of rotatable bonds is 6. The van der Waals surface area contributed by atoms with Crippen LogP contribution in [0.2, 0.25) is 0 Å². The molecular weight excluding hydrogens is 316 g/mol. The Morgan fingerprint density at radius 1 is 1.52 bits per heavy atom. The molecule has 0 radical (unpaired) electrons. The van der Waals surface area contributed by atoms with Gasteiger partial charge in [-0.05, 0) is 18.2 Å². The van der Waals surface area contributed by atoms with Crippen LogP contribution >= 0.6 is 11.6 Å². The van der Waals surface area contributed by atoms with Gasteiger partial charge in [0.1, 0.15) is 17.4 Å². The zero-order chi connectivity index (χ0) is 16.7. The van der Waals surface area contributed by atoms with E-state index in [0.29, 0.717) is 29.4 Å². The molecule has 7 heteroatoms. The van der Waals surface area contributed by atoms with Gasteiger partial charge in [0, 0.05) is 17.6 Å². The highest BCUT2D eigenvalue weighted by Crippen LogP contribution is 2.23. The molecule has 0 bridgehead atoms. The molecule has 6 nitrogen and oxygen atoms in total. The molecule has 2 aromatic rings. The number of amides is 1. The third kappa shape index (κ3) is 4.34. The van der Waals surface area contributed by atoms with Crippen molar-refractivity contribution in [3.05, 3.63) is 47.8 Å². The summed E-state index contributed by atoms with van der Waals surface area (Å²) in [6.07, 6.45) is 4.76. The zero-order valence-electron chi connectivity index (χ0n) is 12.5. The highest BCUT2D eigenvalue weighted by molar-refractivity contribution is 6.17. The van der Waals surface area contributed by atoms with Crippen LogP contribution < -0.4 is 10.1 Å². The summed E-state index contributed by atoms with van der Waals surface area (Å²) in [6, 6.07) is 8.88. The Morgan fingerprint density at radius 2 is 2.30 bits per heavy atom. The number of benzene rings is 1. The number of nitrogens with zero attached hydrogens (tertiary/aromatic N) is 3. The highest BCUT2D eigenvalue weighted by Gasteiger charge is 2.12. The number of halogens is 1. The minimum atomic E-state index is -0.512. The van der Waals surface area contributed by atoms with E-state index in [1.807, 2.05) is 6.07 Å². The number of nitrogens with one attached hydrogen (secondary N) is 1. The van der Waals surface area contributed by atoms with Gasteiger partial charge in [0.2, 0.25) is 0 Å². The molecule has 0 spiro atoms. The van der Waals surface area contributed by atoms with E-state index in [-0.39, 0.29) is 5.57 Å². The summed E-state index contributed by atoms with van der Waals surface area (Å²) in [5.74, 6) is 0.444. The largest absolute Gasteiger partial charge is 0.495 e. The number of aromatic nitrogens is 2. The van der Waals surface area contributed by atoms with E-state index < -0.39 is 5.91 Å². The maximum atomic E-state index is 12.2. The summed E-state index contributed by atoms with van der Waals surface area (Å²) < 4.78 is 6.81. The summed E-state index contributed by atoms with van der Waals surface area (Å²) in [4.78, 5) is 12.2. The minimum Gasteiger partial charge on any atom is -0.495 e. The van der Waals surface area contributed by atoms with Crippen molar-refractivity contribution in [3.8, 4) is 11.8 Å². The van der Waals surface area contributed by atoms with Crippen molar-refractivity contribution < 1.29 is 9.53 Å². The summed E-state index contributed by atoms with van der Waals surface area (Å²) in [7, 11) is 1.51. The molecule has 118 valence electrons. The fourth-order valence-corrected chi connectivity index (χ4v) is 2.09. The van der Waals surface area contributed by atoms with Gasteiger partial charge in [-0.2, -0.15) is 10.4 Å². The molecule has 1 N–H and O–H groups in total.